The van der Waals surface area contributed by atoms with E-state index in [2.05, 4.69) is 5.32 Å². The van der Waals surface area contributed by atoms with Gasteiger partial charge in [-0.2, -0.15) is 0 Å². The highest BCUT2D eigenvalue weighted by molar-refractivity contribution is 5.79. The van der Waals surface area contributed by atoms with E-state index in [1.165, 1.54) is 12.1 Å². The number of nitrogens with zero attached hydrogens (tertiary/aromatic N) is 1. The van der Waals surface area contributed by atoms with Gasteiger partial charge in [0.05, 0.1) is 17.4 Å². The molecule has 1 atom stereocenters. The maximum absolute atomic E-state index is 12.2. The molecule has 2 N–H and O–H groups in total. The van der Waals surface area contributed by atoms with Gasteiger partial charge in [-0.3, -0.25) is 14.9 Å². The number of nitro groups is 1. The number of carbonyl (C=O) groups is 1. The third-order valence-corrected chi connectivity index (χ3v) is 4.09. The van der Waals surface area contributed by atoms with Gasteiger partial charge in [0.25, 0.3) is 5.69 Å². The maximum Gasteiger partial charge on any atom is 0.269 e. The predicted octanol–water partition coefficient (Wildman–Crippen LogP) is 2.65. The van der Waals surface area contributed by atoms with E-state index in [1.54, 1.807) is 24.3 Å². The van der Waals surface area contributed by atoms with Crippen molar-refractivity contribution < 1.29 is 14.8 Å². The molecule has 3 rings (SSSR count). The van der Waals surface area contributed by atoms with Crippen LogP contribution < -0.4 is 5.32 Å². The van der Waals surface area contributed by atoms with Crippen LogP contribution in [0.25, 0.3) is 0 Å². The SMILES string of the molecule is O=C(Cc1ccc([N+](=O)[O-])cc1)N[C@H]1CCc2c(O)cccc21. The number of rotatable bonds is 4. The molecule has 0 fully saturated rings. The Balaban J connectivity index is 1.65. The minimum absolute atomic E-state index is 0.00866. The number of nitrogens with one attached hydrogen (secondary N) is 1. The number of nitro benzene ring substituents is 1. The molecule has 0 radical (unpaired) electrons. The lowest BCUT2D eigenvalue weighted by molar-refractivity contribution is -0.384. The minimum Gasteiger partial charge on any atom is -0.508 e. The quantitative estimate of drug-likeness (QED) is 0.670. The smallest absolute Gasteiger partial charge is 0.269 e. The Hall–Kier alpha value is -2.89. The van der Waals surface area contributed by atoms with E-state index in [0.29, 0.717) is 0 Å². The van der Waals surface area contributed by atoms with E-state index in [1.807, 2.05) is 6.07 Å². The Morgan fingerprint density at radius 3 is 2.70 bits per heavy atom. The van der Waals surface area contributed by atoms with Crippen LogP contribution in [0, 0.1) is 10.1 Å². The average Bonchev–Trinajstić information content (AvgIpc) is 2.92. The summed E-state index contributed by atoms with van der Waals surface area (Å²) in [6, 6.07) is 11.2. The molecule has 0 heterocycles. The standard InChI is InChI=1S/C17H16N2O4/c20-16-3-1-2-13-14(16)8-9-15(13)18-17(21)10-11-4-6-12(7-5-11)19(22)23/h1-7,15,20H,8-10H2,(H,18,21)/t15-/m0/s1. The molecule has 2 aromatic carbocycles. The number of hydrogen-bond acceptors (Lipinski definition) is 4. The molecule has 1 aliphatic carbocycles. The Morgan fingerprint density at radius 2 is 2.00 bits per heavy atom. The summed E-state index contributed by atoms with van der Waals surface area (Å²) in [7, 11) is 0. The molecular formula is C17H16N2O4. The van der Waals surface area contributed by atoms with Crippen molar-refractivity contribution in [1.29, 1.82) is 0 Å². The maximum atomic E-state index is 12.2. The lowest BCUT2D eigenvalue weighted by Crippen LogP contribution is -2.28. The van der Waals surface area contributed by atoms with Gasteiger partial charge in [-0.15, -0.1) is 0 Å². The predicted molar refractivity (Wildman–Crippen MR) is 84.1 cm³/mol. The fourth-order valence-electron chi connectivity index (χ4n) is 2.95. The van der Waals surface area contributed by atoms with Crippen molar-refractivity contribution >= 4 is 11.6 Å². The number of carbonyl (C=O) groups excluding carboxylic acids is 1. The number of fused-ring (bicyclic) bond motifs is 1. The zero-order valence-electron chi connectivity index (χ0n) is 12.4. The molecule has 6 heteroatoms. The molecule has 0 unspecified atom stereocenters. The monoisotopic (exact) mass is 312 g/mol. The second-order valence-electron chi connectivity index (χ2n) is 5.60. The van der Waals surface area contributed by atoms with Gasteiger partial charge in [0.15, 0.2) is 0 Å². The topological polar surface area (TPSA) is 92.5 Å². The Morgan fingerprint density at radius 1 is 1.26 bits per heavy atom. The number of hydrogen-bond donors (Lipinski definition) is 2. The molecule has 6 nitrogen and oxygen atoms in total. The van der Waals surface area contributed by atoms with Crippen molar-refractivity contribution in [3.63, 3.8) is 0 Å². The molecule has 0 spiro atoms. The number of amides is 1. The van der Waals surface area contributed by atoms with Gasteiger partial charge in [-0.05, 0) is 35.6 Å². The summed E-state index contributed by atoms with van der Waals surface area (Å²) < 4.78 is 0. The third kappa shape index (κ3) is 3.15. The van der Waals surface area contributed by atoms with E-state index in [9.17, 15) is 20.0 Å². The average molecular weight is 312 g/mol. The van der Waals surface area contributed by atoms with E-state index >= 15 is 0 Å². The number of benzene rings is 2. The second-order valence-corrected chi connectivity index (χ2v) is 5.60. The van der Waals surface area contributed by atoms with Crippen LogP contribution in [0.2, 0.25) is 0 Å². The zero-order chi connectivity index (χ0) is 16.4. The molecule has 2 aromatic rings. The normalized spacial score (nSPS) is 15.9. The van der Waals surface area contributed by atoms with E-state index in [0.717, 1.165) is 29.5 Å². The van der Waals surface area contributed by atoms with Gasteiger partial charge in [0.2, 0.25) is 5.91 Å². The highest BCUT2D eigenvalue weighted by Gasteiger charge is 2.25. The Kier molecular flexibility index (Phi) is 3.97. The summed E-state index contributed by atoms with van der Waals surface area (Å²) in [4.78, 5) is 22.3. The van der Waals surface area contributed by atoms with Gasteiger partial charge in [0, 0.05) is 12.1 Å². The number of phenolic OH excluding ortho intramolecular Hbond substituents is 1. The number of phenols is 1. The summed E-state index contributed by atoms with van der Waals surface area (Å²) in [6.45, 7) is 0. The molecule has 0 aliphatic heterocycles. The first-order valence-corrected chi connectivity index (χ1v) is 7.38. The first kappa shape index (κ1) is 15.0. The fourth-order valence-corrected chi connectivity index (χ4v) is 2.95. The zero-order valence-corrected chi connectivity index (χ0v) is 12.4. The van der Waals surface area contributed by atoms with Crippen LogP contribution in [-0.2, 0) is 17.6 Å². The Bertz CT molecular complexity index is 756. The molecule has 0 aromatic heterocycles. The van der Waals surface area contributed by atoms with Crippen molar-refractivity contribution in [2.24, 2.45) is 0 Å². The second kappa shape index (κ2) is 6.08. The van der Waals surface area contributed by atoms with Gasteiger partial charge < -0.3 is 10.4 Å². The highest BCUT2D eigenvalue weighted by atomic mass is 16.6. The van der Waals surface area contributed by atoms with Crippen molar-refractivity contribution in [3.05, 3.63) is 69.3 Å². The summed E-state index contributed by atoms with van der Waals surface area (Å²) in [5.74, 6) is 0.134. The lowest BCUT2D eigenvalue weighted by Gasteiger charge is -2.14. The van der Waals surface area contributed by atoms with Crippen LogP contribution in [0.5, 0.6) is 5.75 Å². The summed E-state index contributed by atoms with van der Waals surface area (Å²) >= 11 is 0. The highest BCUT2D eigenvalue weighted by Crippen LogP contribution is 2.36. The molecule has 1 amide bonds. The third-order valence-electron chi connectivity index (χ3n) is 4.09. The van der Waals surface area contributed by atoms with Crippen LogP contribution in [0.4, 0.5) is 5.69 Å². The summed E-state index contributed by atoms with van der Waals surface area (Å²) in [6.07, 6.45) is 1.67. The van der Waals surface area contributed by atoms with Crippen molar-refractivity contribution in [2.45, 2.75) is 25.3 Å². The molecule has 23 heavy (non-hydrogen) atoms. The molecule has 0 saturated carbocycles. The van der Waals surface area contributed by atoms with Crippen LogP contribution in [0.3, 0.4) is 0 Å². The largest absolute Gasteiger partial charge is 0.508 e. The van der Waals surface area contributed by atoms with Gasteiger partial charge in [-0.25, -0.2) is 0 Å². The minimum atomic E-state index is -0.466. The van der Waals surface area contributed by atoms with Crippen molar-refractivity contribution in [2.75, 3.05) is 0 Å². The van der Waals surface area contributed by atoms with E-state index in [4.69, 9.17) is 0 Å². The van der Waals surface area contributed by atoms with Crippen LogP contribution in [0.1, 0.15) is 29.2 Å². The van der Waals surface area contributed by atoms with Gasteiger partial charge in [0.1, 0.15) is 5.75 Å². The lowest BCUT2D eigenvalue weighted by atomic mass is 10.1. The van der Waals surface area contributed by atoms with Gasteiger partial charge in [-0.1, -0.05) is 24.3 Å². The molecular weight excluding hydrogens is 296 g/mol. The summed E-state index contributed by atoms with van der Waals surface area (Å²) in [5.41, 5.74) is 2.59. The Labute approximate surface area is 132 Å². The first-order valence-electron chi connectivity index (χ1n) is 7.38. The molecule has 0 bridgehead atoms. The van der Waals surface area contributed by atoms with E-state index in [-0.39, 0.29) is 29.8 Å². The van der Waals surface area contributed by atoms with Gasteiger partial charge >= 0.3 is 0 Å². The van der Waals surface area contributed by atoms with E-state index < -0.39 is 4.92 Å². The fraction of sp³-hybridized carbons (Fsp3) is 0.235. The number of non-ortho nitro benzene ring substituents is 1. The van der Waals surface area contributed by atoms with Crippen molar-refractivity contribution in [3.8, 4) is 5.75 Å². The van der Waals surface area contributed by atoms with Crippen LogP contribution in [0.15, 0.2) is 42.5 Å². The number of aromatic hydroxyl groups is 1. The van der Waals surface area contributed by atoms with Crippen LogP contribution in [-0.4, -0.2) is 15.9 Å². The molecule has 1 aliphatic rings. The van der Waals surface area contributed by atoms with Crippen LogP contribution >= 0.6 is 0 Å². The van der Waals surface area contributed by atoms with Crippen molar-refractivity contribution in [1.82, 2.24) is 5.32 Å². The molecule has 118 valence electrons. The molecule has 0 saturated heterocycles. The first-order chi connectivity index (χ1) is 11.0. The summed E-state index contributed by atoms with van der Waals surface area (Å²) in [5, 5.41) is 23.4.